The summed E-state index contributed by atoms with van der Waals surface area (Å²) in [5.74, 6) is 1.11. The summed E-state index contributed by atoms with van der Waals surface area (Å²) >= 11 is 0. The van der Waals surface area contributed by atoms with Gasteiger partial charge in [0.1, 0.15) is 6.33 Å². The minimum Gasteiger partial charge on any atom is -0.491 e. The number of aromatic nitrogens is 5. The number of rotatable bonds is 5. The average Bonchev–Trinajstić information content (AvgIpc) is 3.55. The second kappa shape index (κ2) is 8.25. The first-order valence-corrected chi connectivity index (χ1v) is 10.5. The number of anilines is 3. The van der Waals surface area contributed by atoms with Crippen LogP contribution < -0.4 is 20.7 Å². The molecule has 1 fully saturated rings. The van der Waals surface area contributed by atoms with Crippen LogP contribution in [0.25, 0.3) is 11.4 Å². The molecule has 1 aliphatic carbocycles. The van der Waals surface area contributed by atoms with E-state index in [0.717, 1.165) is 31.4 Å². The largest absolute Gasteiger partial charge is 0.491 e. The fourth-order valence-corrected chi connectivity index (χ4v) is 3.56. The summed E-state index contributed by atoms with van der Waals surface area (Å²) in [4.78, 5) is 24.6. The molecule has 1 aliphatic heterocycles. The molecule has 11 heteroatoms. The van der Waals surface area contributed by atoms with Crippen LogP contribution in [0.15, 0.2) is 30.6 Å². The Bertz CT molecular complexity index is 1190. The Kier molecular flexibility index (Phi) is 5.13. The molecule has 1 saturated carbocycles. The van der Waals surface area contributed by atoms with Gasteiger partial charge in [0.25, 0.3) is 5.91 Å². The van der Waals surface area contributed by atoms with Gasteiger partial charge < -0.3 is 25.3 Å². The van der Waals surface area contributed by atoms with Crippen molar-refractivity contribution in [3.05, 3.63) is 36.3 Å². The molecule has 0 atom stereocenters. The van der Waals surface area contributed by atoms with Crippen molar-refractivity contribution in [1.82, 2.24) is 30.3 Å². The van der Waals surface area contributed by atoms with Crippen molar-refractivity contribution in [2.45, 2.75) is 25.8 Å². The fraction of sp³-hybridized carbons (Fsp3) is 0.333. The molecule has 2 aliphatic rings. The molecule has 3 heterocycles. The minimum atomic E-state index is -0.403. The lowest BCUT2D eigenvalue weighted by Crippen LogP contribution is -2.22. The van der Waals surface area contributed by atoms with E-state index in [4.69, 9.17) is 4.74 Å². The number of carbonyl (C=O) groups is 2. The standard InChI is InChI=1S/C21H22N8O3/c1-22-21(31)17-15(10-16(26-27-17)25-20(30)12-6-7-12)24-14-5-2-4-13-18(14)32-9-3-8-29-11-23-28-19(13)29/h2,4-5,10-12H,3,6-9H2,1H3,(H,22,31)(H2,24,25,26,30). The Morgan fingerprint density at radius 2 is 2.03 bits per heavy atom. The number of amides is 2. The topological polar surface area (TPSA) is 136 Å². The van der Waals surface area contributed by atoms with E-state index in [9.17, 15) is 9.59 Å². The summed E-state index contributed by atoms with van der Waals surface area (Å²) in [6.45, 7) is 1.28. The van der Waals surface area contributed by atoms with Gasteiger partial charge in [-0.15, -0.1) is 20.4 Å². The molecule has 0 unspecified atom stereocenters. The number of carbonyl (C=O) groups excluding carboxylic acids is 2. The van der Waals surface area contributed by atoms with Crippen LogP contribution in [0.5, 0.6) is 5.75 Å². The molecule has 2 amide bonds. The van der Waals surface area contributed by atoms with Crippen LogP contribution in [0.4, 0.5) is 17.2 Å². The monoisotopic (exact) mass is 434 g/mol. The van der Waals surface area contributed by atoms with Crippen molar-refractivity contribution in [2.75, 3.05) is 24.3 Å². The molecule has 0 radical (unpaired) electrons. The zero-order chi connectivity index (χ0) is 22.1. The number of hydrogen-bond acceptors (Lipinski definition) is 8. The highest BCUT2D eigenvalue weighted by atomic mass is 16.5. The third-order valence-corrected chi connectivity index (χ3v) is 5.37. The molecule has 1 aromatic carbocycles. The summed E-state index contributed by atoms with van der Waals surface area (Å²) in [5.41, 5.74) is 1.92. The number of ether oxygens (including phenoxy) is 1. The van der Waals surface area contributed by atoms with Crippen molar-refractivity contribution in [3.63, 3.8) is 0 Å². The molecule has 2 aromatic heterocycles. The second-order valence-electron chi connectivity index (χ2n) is 7.69. The van der Waals surface area contributed by atoms with Crippen molar-refractivity contribution in [3.8, 4) is 17.1 Å². The van der Waals surface area contributed by atoms with E-state index in [1.165, 1.54) is 7.05 Å². The summed E-state index contributed by atoms with van der Waals surface area (Å²) < 4.78 is 8.06. The van der Waals surface area contributed by atoms with Crippen LogP contribution >= 0.6 is 0 Å². The summed E-state index contributed by atoms with van der Waals surface area (Å²) in [6.07, 6.45) is 4.25. The number of hydrogen-bond donors (Lipinski definition) is 3. The molecule has 11 nitrogen and oxygen atoms in total. The first-order valence-electron chi connectivity index (χ1n) is 10.5. The highest BCUT2D eigenvalue weighted by Gasteiger charge is 2.30. The molecule has 32 heavy (non-hydrogen) atoms. The predicted octanol–water partition coefficient (Wildman–Crippen LogP) is 1.97. The maximum absolute atomic E-state index is 12.4. The van der Waals surface area contributed by atoms with Crippen molar-refractivity contribution >= 4 is 29.0 Å². The highest BCUT2D eigenvalue weighted by molar-refractivity contribution is 6.00. The lowest BCUT2D eigenvalue weighted by Gasteiger charge is -2.20. The molecule has 5 rings (SSSR count). The first kappa shape index (κ1) is 19.9. The Morgan fingerprint density at radius 3 is 2.84 bits per heavy atom. The van der Waals surface area contributed by atoms with E-state index in [2.05, 4.69) is 36.3 Å². The van der Waals surface area contributed by atoms with E-state index in [0.29, 0.717) is 29.6 Å². The van der Waals surface area contributed by atoms with Gasteiger partial charge >= 0.3 is 0 Å². The summed E-state index contributed by atoms with van der Waals surface area (Å²) in [7, 11) is 1.52. The Morgan fingerprint density at radius 1 is 1.16 bits per heavy atom. The van der Waals surface area contributed by atoms with E-state index in [1.54, 1.807) is 12.4 Å². The van der Waals surface area contributed by atoms with Crippen LogP contribution in [-0.2, 0) is 11.3 Å². The summed E-state index contributed by atoms with van der Waals surface area (Å²) in [6, 6.07) is 7.23. The Hall–Kier alpha value is -4.02. The van der Waals surface area contributed by atoms with Crippen LogP contribution in [0, 0.1) is 5.92 Å². The molecule has 0 spiro atoms. The van der Waals surface area contributed by atoms with Gasteiger partial charge in [0, 0.05) is 25.6 Å². The maximum Gasteiger partial charge on any atom is 0.273 e. The van der Waals surface area contributed by atoms with Gasteiger partial charge in [-0.05, 0) is 31.4 Å². The number of fused-ring (bicyclic) bond motifs is 3. The van der Waals surface area contributed by atoms with Gasteiger partial charge in [-0.1, -0.05) is 6.07 Å². The van der Waals surface area contributed by atoms with Crippen molar-refractivity contribution < 1.29 is 14.3 Å². The van der Waals surface area contributed by atoms with E-state index in [1.807, 2.05) is 22.8 Å². The van der Waals surface area contributed by atoms with Crippen LogP contribution in [0.2, 0.25) is 0 Å². The number of nitrogens with one attached hydrogen (secondary N) is 3. The zero-order valence-electron chi connectivity index (χ0n) is 17.5. The number of nitrogens with zero attached hydrogens (tertiary/aromatic N) is 5. The molecular weight excluding hydrogens is 412 g/mol. The molecular formula is C21H22N8O3. The summed E-state index contributed by atoms with van der Waals surface area (Å²) in [5, 5.41) is 24.9. The Labute approximate surface area is 183 Å². The number of benzene rings is 1. The SMILES string of the molecule is CNC(=O)c1nnc(NC(=O)C2CC2)cc1Nc1cccc2c1OCCCn1cnnc1-2. The van der Waals surface area contributed by atoms with Gasteiger partial charge in [-0.3, -0.25) is 9.59 Å². The molecule has 3 aromatic rings. The highest BCUT2D eigenvalue weighted by Crippen LogP contribution is 2.39. The van der Waals surface area contributed by atoms with Crippen molar-refractivity contribution in [2.24, 2.45) is 5.92 Å². The van der Waals surface area contributed by atoms with Crippen LogP contribution in [-0.4, -0.2) is 50.4 Å². The molecule has 164 valence electrons. The van der Waals surface area contributed by atoms with Gasteiger partial charge in [-0.25, -0.2) is 0 Å². The smallest absolute Gasteiger partial charge is 0.273 e. The average molecular weight is 434 g/mol. The number of para-hydroxylation sites is 1. The minimum absolute atomic E-state index is 0.0198. The lowest BCUT2D eigenvalue weighted by atomic mass is 10.1. The Balaban J connectivity index is 1.53. The lowest BCUT2D eigenvalue weighted by molar-refractivity contribution is -0.117. The van der Waals surface area contributed by atoms with E-state index >= 15 is 0 Å². The quantitative estimate of drug-likeness (QED) is 0.555. The van der Waals surface area contributed by atoms with Crippen molar-refractivity contribution in [1.29, 1.82) is 0 Å². The second-order valence-corrected chi connectivity index (χ2v) is 7.69. The third-order valence-electron chi connectivity index (χ3n) is 5.37. The normalized spacial score (nSPS) is 14.8. The van der Waals surface area contributed by atoms with E-state index < -0.39 is 5.91 Å². The molecule has 3 N–H and O–H groups in total. The fourth-order valence-electron chi connectivity index (χ4n) is 3.56. The van der Waals surface area contributed by atoms with E-state index in [-0.39, 0.29) is 23.3 Å². The molecule has 0 saturated heterocycles. The molecule has 0 bridgehead atoms. The van der Waals surface area contributed by atoms with Crippen LogP contribution in [0.3, 0.4) is 0 Å². The number of aryl methyl sites for hydroxylation is 1. The third kappa shape index (κ3) is 3.84. The van der Waals surface area contributed by atoms with Gasteiger partial charge in [-0.2, -0.15) is 0 Å². The van der Waals surface area contributed by atoms with Gasteiger partial charge in [0.05, 0.1) is 23.5 Å². The first-order chi connectivity index (χ1) is 15.6. The van der Waals surface area contributed by atoms with Crippen LogP contribution in [0.1, 0.15) is 29.8 Å². The predicted molar refractivity (Wildman–Crippen MR) is 116 cm³/mol. The van der Waals surface area contributed by atoms with Gasteiger partial charge in [0.2, 0.25) is 5.91 Å². The maximum atomic E-state index is 12.4. The van der Waals surface area contributed by atoms with Gasteiger partial charge in [0.15, 0.2) is 23.1 Å². The zero-order valence-corrected chi connectivity index (χ0v) is 17.5.